The van der Waals surface area contributed by atoms with E-state index in [1.165, 1.54) is 89.9 Å². The van der Waals surface area contributed by atoms with E-state index in [-0.39, 0.29) is 12.8 Å². The van der Waals surface area contributed by atoms with E-state index in [9.17, 15) is 43.2 Å². The SMILES string of the molecule is CCCCCCCCC(C)CCCCCCCC(=O)OCC1OC(OC2C(OC(C)=O)C(OC(C)=O)C(OC(C)=O)C(OC(C)=O)C2OC(C)=O)C(OC(C)=O)C(OC(C)=O)C1OC(=O)CCCCCCCCCC(C)CCCCCC. The molecule has 2 fully saturated rings. The number of esters is 9. The average molecular weight is 1170 g/mol. The van der Waals surface area contributed by atoms with Gasteiger partial charge in [-0.3, -0.25) is 43.2 Å². The van der Waals surface area contributed by atoms with Crippen LogP contribution in [0.3, 0.4) is 0 Å². The van der Waals surface area contributed by atoms with Crippen LogP contribution in [-0.2, 0) is 95.3 Å². The number of hydrogen-bond donors (Lipinski definition) is 0. The molecule has 0 aromatic heterocycles. The molecule has 1 saturated heterocycles. The van der Waals surface area contributed by atoms with Gasteiger partial charge in [-0.25, -0.2) is 0 Å². The summed E-state index contributed by atoms with van der Waals surface area (Å²) in [7, 11) is 0. The Morgan fingerprint density at radius 3 is 0.963 bits per heavy atom. The highest BCUT2D eigenvalue weighted by Gasteiger charge is 2.62. The van der Waals surface area contributed by atoms with E-state index < -0.39 is 128 Å². The molecule has 20 nitrogen and oxygen atoms in total. The normalized spacial score (nSPS) is 24.0. The molecule has 2 aliphatic rings. The quantitative estimate of drug-likeness (QED) is 0.0313. The van der Waals surface area contributed by atoms with Gasteiger partial charge < -0.3 is 52.1 Å². The summed E-state index contributed by atoms with van der Waals surface area (Å²) in [6.07, 6.45) is 8.81. The van der Waals surface area contributed by atoms with Gasteiger partial charge in [0.2, 0.25) is 0 Å². The van der Waals surface area contributed by atoms with Crippen LogP contribution in [0.4, 0.5) is 0 Å². The molecule has 1 aliphatic carbocycles. The van der Waals surface area contributed by atoms with Crippen molar-refractivity contribution in [3.63, 3.8) is 0 Å². The van der Waals surface area contributed by atoms with Crippen LogP contribution in [0, 0.1) is 11.8 Å². The van der Waals surface area contributed by atoms with Crippen LogP contribution in [0.15, 0.2) is 0 Å². The molecule has 0 aromatic rings. The second-order valence-electron chi connectivity index (χ2n) is 22.7. The molecule has 82 heavy (non-hydrogen) atoms. The van der Waals surface area contributed by atoms with E-state index in [1.807, 2.05) is 0 Å². The molecule has 1 saturated carbocycles. The predicted octanol–water partition coefficient (Wildman–Crippen LogP) is 11.3. The smallest absolute Gasteiger partial charge is 0.306 e. The van der Waals surface area contributed by atoms with Gasteiger partial charge in [0.15, 0.2) is 55.1 Å². The summed E-state index contributed by atoms with van der Waals surface area (Å²) in [5.74, 6) is -6.74. The van der Waals surface area contributed by atoms with E-state index >= 15 is 0 Å². The van der Waals surface area contributed by atoms with Gasteiger partial charge in [0.05, 0.1) is 0 Å². The van der Waals surface area contributed by atoms with Crippen molar-refractivity contribution in [1.82, 2.24) is 0 Å². The molecule has 0 aromatic carbocycles. The fourth-order valence-corrected chi connectivity index (χ4v) is 10.8. The maximum atomic E-state index is 13.8. The topological polar surface area (TPSA) is 255 Å². The Morgan fingerprint density at radius 2 is 0.610 bits per heavy atom. The van der Waals surface area contributed by atoms with E-state index in [4.69, 9.17) is 52.1 Å². The molecule has 0 bridgehead atoms. The maximum absolute atomic E-state index is 13.8. The Bertz CT molecular complexity index is 1860. The molecule has 20 heteroatoms. The number of rotatable bonds is 42. The van der Waals surface area contributed by atoms with Crippen molar-refractivity contribution in [2.24, 2.45) is 11.8 Å². The lowest BCUT2D eigenvalue weighted by atomic mass is 9.83. The maximum Gasteiger partial charge on any atom is 0.306 e. The standard InChI is InChI=1S/C62H104O20/c1-12-14-16-18-23-29-35-42(4)37-31-25-22-27-32-38-51(70)72-40-50-53(81-52(71)39-33-26-21-19-20-24-30-36-41(3)34-28-17-15-13-2)54(73-43(5)63)61(79-49(11)69)62(80-50)82-60-58(77-47(9)67)56(75-45(7)65)55(74-44(6)64)57(76-46(8)66)59(60)78-48(10)68/h41-42,50,53-62H,12-40H2,1-11H3. The molecule has 1 heterocycles. The van der Waals surface area contributed by atoms with E-state index in [1.54, 1.807) is 0 Å². The first-order chi connectivity index (χ1) is 39.1. The summed E-state index contributed by atoms with van der Waals surface area (Å²) in [4.78, 5) is 117. The third-order valence-electron chi connectivity index (χ3n) is 14.9. The lowest BCUT2D eigenvalue weighted by Crippen LogP contribution is -2.70. The monoisotopic (exact) mass is 1170 g/mol. The molecule has 472 valence electrons. The lowest BCUT2D eigenvalue weighted by Gasteiger charge is -2.50. The Labute approximate surface area is 489 Å². The molecular weight excluding hydrogens is 1060 g/mol. The highest BCUT2D eigenvalue weighted by Crippen LogP contribution is 2.38. The number of carbonyl (C=O) groups excluding carboxylic acids is 9. The number of hydrogen-bond acceptors (Lipinski definition) is 20. The largest absolute Gasteiger partial charge is 0.463 e. The molecule has 1 aliphatic heterocycles. The highest BCUT2D eigenvalue weighted by atomic mass is 16.8. The first-order valence-electron chi connectivity index (χ1n) is 30.9. The van der Waals surface area contributed by atoms with Gasteiger partial charge in [-0.05, 0) is 24.7 Å². The first kappa shape index (κ1) is 73.3. The van der Waals surface area contributed by atoms with Gasteiger partial charge in [0.25, 0.3) is 0 Å². The Kier molecular flexibility index (Phi) is 37.5. The molecule has 2 rings (SSSR count). The zero-order valence-electron chi connectivity index (χ0n) is 51.7. The van der Waals surface area contributed by atoms with Gasteiger partial charge in [-0.1, -0.05) is 182 Å². The summed E-state index contributed by atoms with van der Waals surface area (Å²) in [5, 5.41) is 0. The fraction of sp³-hybridized carbons (Fsp3) is 0.855. The third kappa shape index (κ3) is 30.6. The van der Waals surface area contributed by atoms with Crippen molar-refractivity contribution in [2.75, 3.05) is 6.61 Å². The molecule has 0 N–H and O–H groups in total. The highest BCUT2D eigenvalue weighted by molar-refractivity contribution is 5.72. The van der Waals surface area contributed by atoms with Crippen molar-refractivity contribution in [2.45, 2.75) is 323 Å². The van der Waals surface area contributed by atoms with Crippen LogP contribution in [0.2, 0.25) is 0 Å². The summed E-state index contributed by atoms with van der Waals surface area (Å²) in [6, 6.07) is 0. The van der Waals surface area contributed by atoms with E-state index in [2.05, 4.69) is 27.7 Å². The number of carbonyl (C=O) groups is 9. The molecule has 0 spiro atoms. The first-order valence-corrected chi connectivity index (χ1v) is 30.9. The summed E-state index contributed by atoms with van der Waals surface area (Å²) >= 11 is 0. The van der Waals surface area contributed by atoms with Gasteiger partial charge in [0, 0.05) is 61.3 Å². The number of unbranched alkanes of at least 4 members (excludes halogenated alkanes) is 18. The van der Waals surface area contributed by atoms with Gasteiger partial charge in [0.1, 0.15) is 18.8 Å². The van der Waals surface area contributed by atoms with E-state index in [0.717, 1.165) is 119 Å². The van der Waals surface area contributed by atoms with Crippen molar-refractivity contribution >= 4 is 53.7 Å². The second kappa shape index (κ2) is 42.0. The Morgan fingerprint density at radius 1 is 0.329 bits per heavy atom. The Hall–Kier alpha value is -4.85. The van der Waals surface area contributed by atoms with Crippen molar-refractivity contribution < 1.29 is 95.3 Å². The van der Waals surface area contributed by atoms with Gasteiger partial charge in [-0.2, -0.15) is 0 Å². The minimum atomic E-state index is -1.98. The van der Waals surface area contributed by atoms with Crippen LogP contribution in [0.25, 0.3) is 0 Å². The average Bonchev–Trinajstić information content (AvgIpc) is 3.44. The van der Waals surface area contributed by atoms with Crippen molar-refractivity contribution in [1.29, 1.82) is 0 Å². The summed E-state index contributed by atoms with van der Waals surface area (Å²) in [5.41, 5.74) is 0. The summed E-state index contributed by atoms with van der Waals surface area (Å²) < 4.78 is 64.4. The third-order valence-corrected chi connectivity index (χ3v) is 14.9. The second-order valence-corrected chi connectivity index (χ2v) is 22.7. The molecule has 0 amide bonds. The predicted molar refractivity (Wildman–Crippen MR) is 302 cm³/mol. The van der Waals surface area contributed by atoms with Crippen molar-refractivity contribution in [3.05, 3.63) is 0 Å². The Balaban J connectivity index is 2.46. The van der Waals surface area contributed by atoms with Gasteiger partial charge in [-0.15, -0.1) is 0 Å². The van der Waals surface area contributed by atoms with Crippen LogP contribution in [0.1, 0.15) is 256 Å². The van der Waals surface area contributed by atoms with Crippen LogP contribution in [0.5, 0.6) is 0 Å². The van der Waals surface area contributed by atoms with Crippen LogP contribution >= 0.6 is 0 Å². The fourth-order valence-electron chi connectivity index (χ4n) is 10.8. The molecular formula is C62H104O20. The van der Waals surface area contributed by atoms with E-state index in [0.29, 0.717) is 18.8 Å². The zero-order valence-corrected chi connectivity index (χ0v) is 51.7. The van der Waals surface area contributed by atoms with Gasteiger partial charge >= 0.3 is 53.7 Å². The lowest BCUT2D eigenvalue weighted by molar-refractivity contribution is -0.343. The minimum Gasteiger partial charge on any atom is -0.463 e. The minimum absolute atomic E-state index is 0.0437. The molecule has 0 radical (unpaired) electrons. The molecule has 11 atom stereocenters. The number of ether oxygens (including phenoxy) is 11. The van der Waals surface area contributed by atoms with Crippen LogP contribution < -0.4 is 0 Å². The zero-order chi connectivity index (χ0) is 61.0. The van der Waals surface area contributed by atoms with Crippen LogP contribution in [-0.4, -0.2) is 128 Å². The van der Waals surface area contributed by atoms with Crippen molar-refractivity contribution in [3.8, 4) is 0 Å². The molecule has 11 unspecified atom stereocenters. The summed E-state index contributed by atoms with van der Waals surface area (Å²) in [6.45, 7) is 15.6.